The molecule has 2 heterocycles. The molecule has 0 unspecified atom stereocenters. The predicted molar refractivity (Wildman–Crippen MR) is 97.8 cm³/mol. The highest BCUT2D eigenvalue weighted by Gasteiger charge is 2.26. The van der Waals surface area contributed by atoms with Crippen LogP contribution in [-0.4, -0.2) is 57.8 Å². The zero-order chi connectivity index (χ0) is 17.9. The molecule has 2 amide bonds. The highest BCUT2D eigenvalue weighted by molar-refractivity contribution is 5.99. The standard InChI is InChI=1S/C20H18N4O2/c25-19(17-6-5-15-3-1-2-4-16(15)13-17)23-9-11-24(12-10-23)20(26)18-14-21-7-8-22-18/h1-8,13-14H,9-12H2. The third-order valence-electron chi connectivity index (χ3n) is 4.63. The number of rotatable bonds is 2. The van der Waals surface area contributed by atoms with Crippen LogP contribution in [-0.2, 0) is 0 Å². The van der Waals surface area contributed by atoms with Crippen molar-refractivity contribution in [3.63, 3.8) is 0 Å². The van der Waals surface area contributed by atoms with E-state index in [0.29, 0.717) is 37.4 Å². The molecule has 1 aliphatic heterocycles. The van der Waals surface area contributed by atoms with E-state index in [2.05, 4.69) is 9.97 Å². The highest BCUT2D eigenvalue weighted by Crippen LogP contribution is 2.18. The first-order valence-electron chi connectivity index (χ1n) is 8.56. The molecule has 26 heavy (non-hydrogen) atoms. The van der Waals surface area contributed by atoms with Gasteiger partial charge in [-0.15, -0.1) is 0 Å². The normalized spacial score (nSPS) is 14.5. The molecule has 0 N–H and O–H groups in total. The van der Waals surface area contributed by atoms with Gasteiger partial charge in [0.25, 0.3) is 11.8 Å². The van der Waals surface area contributed by atoms with Crippen LogP contribution in [0.15, 0.2) is 61.1 Å². The minimum Gasteiger partial charge on any atom is -0.335 e. The number of aromatic nitrogens is 2. The van der Waals surface area contributed by atoms with E-state index in [-0.39, 0.29) is 11.8 Å². The lowest BCUT2D eigenvalue weighted by Gasteiger charge is -2.34. The number of hydrogen-bond donors (Lipinski definition) is 0. The van der Waals surface area contributed by atoms with Crippen LogP contribution in [0.1, 0.15) is 20.8 Å². The summed E-state index contributed by atoms with van der Waals surface area (Å²) >= 11 is 0. The van der Waals surface area contributed by atoms with E-state index >= 15 is 0 Å². The van der Waals surface area contributed by atoms with Gasteiger partial charge in [0.15, 0.2) is 0 Å². The lowest BCUT2D eigenvalue weighted by molar-refractivity contribution is 0.0532. The summed E-state index contributed by atoms with van der Waals surface area (Å²) in [4.78, 5) is 36.7. The van der Waals surface area contributed by atoms with E-state index in [1.54, 1.807) is 9.80 Å². The van der Waals surface area contributed by atoms with Crippen molar-refractivity contribution in [2.45, 2.75) is 0 Å². The molecule has 130 valence electrons. The van der Waals surface area contributed by atoms with E-state index in [9.17, 15) is 9.59 Å². The summed E-state index contributed by atoms with van der Waals surface area (Å²) in [5.41, 5.74) is 1.01. The Hall–Kier alpha value is -3.28. The van der Waals surface area contributed by atoms with Crippen molar-refractivity contribution >= 4 is 22.6 Å². The Bertz CT molecular complexity index is 950. The van der Waals surface area contributed by atoms with Crippen molar-refractivity contribution in [3.05, 3.63) is 72.3 Å². The molecule has 3 aromatic rings. The van der Waals surface area contributed by atoms with Crippen LogP contribution in [0.4, 0.5) is 0 Å². The van der Waals surface area contributed by atoms with Crippen molar-refractivity contribution in [1.29, 1.82) is 0 Å². The number of benzene rings is 2. The Labute approximate surface area is 151 Å². The predicted octanol–water partition coefficient (Wildman–Crippen LogP) is 2.23. The van der Waals surface area contributed by atoms with E-state index in [4.69, 9.17) is 0 Å². The zero-order valence-electron chi connectivity index (χ0n) is 14.2. The quantitative estimate of drug-likeness (QED) is 0.714. The van der Waals surface area contributed by atoms with Gasteiger partial charge in [-0.05, 0) is 22.9 Å². The number of carbonyl (C=O) groups is 2. The Balaban J connectivity index is 1.43. The Morgan fingerprint density at radius 3 is 2.19 bits per heavy atom. The Kier molecular flexibility index (Phi) is 4.31. The molecular formula is C20H18N4O2. The third-order valence-corrected chi connectivity index (χ3v) is 4.63. The molecule has 6 nitrogen and oxygen atoms in total. The molecule has 1 aromatic heterocycles. The van der Waals surface area contributed by atoms with Gasteiger partial charge < -0.3 is 9.80 Å². The number of nitrogens with zero attached hydrogens (tertiary/aromatic N) is 4. The molecule has 1 fully saturated rings. The van der Waals surface area contributed by atoms with Gasteiger partial charge in [0.2, 0.25) is 0 Å². The van der Waals surface area contributed by atoms with Crippen LogP contribution in [0.25, 0.3) is 10.8 Å². The van der Waals surface area contributed by atoms with Gasteiger partial charge in [0.1, 0.15) is 5.69 Å². The average Bonchev–Trinajstić information content (AvgIpc) is 2.73. The van der Waals surface area contributed by atoms with Gasteiger partial charge in [-0.25, -0.2) is 4.98 Å². The lowest BCUT2D eigenvalue weighted by Crippen LogP contribution is -2.50. The third kappa shape index (κ3) is 3.13. The van der Waals surface area contributed by atoms with Crippen molar-refractivity contribution in [2.24, 2.45) is 0 Å². The largest absolute Gasteiger partial charge is 0.335 e. The molecule has 4 rings (SSSR count). The summed E-state index contributed by atoms with van der Waals surface area (Å²) in [6.07, 6.45) is 4.51. The molecule has 0 saturated carbocycles. The molecule has 2 aromatic carbocycles. The maximum Gasteiger partial charge on any atom is 0.274 e. The van der Waals surface area contributed by atoms with Gasteiger partial charge in [0.05, 0.1) is 6.20 Å². The SMILES string of the molecule is O=C(c1ccc2ccccc2c1)N1CCN(C(=O)c2cnccn2)CC1. The van der Waals surface area contributed by atoms with Crippen LogP contribution in [0.3, 0.4) is 0 Å². The molecule has 0 aliphatic carbocycles. The van der Waals surface area contributed by atoms with Crippen molar-refractivity contribution in [3.8, 4) is 0 Å². The summed E-state index contributed by atoms with van der Waals surface area (Å²) in [5.74, 6) is -0.141. The van der Waals surface area contributed by atoms with E-state index in [0.717, 1.165) is 10.8 Å². The summed E-state index contributed by atoms with van der Waals surface area (Å²) in [7, 11) is 0. The average molecular weight is 346 g/mol. The van der Waals surface area contributed by atoms with E-state index in [1.807, 2.05) is 42.5 Å². The molecule has 1 aliphatic rings. The van der Waals surface area contributed by atoms with Gasteiger partial charge in [-0.1, -0.05) is 30.3 Å². The van der Waals surface area contributed by atoms with Crippen molar-refractivity contribution in [1.82, 2.24) is 19.8 Å². The lowest BCUT2D eigenvalue weighted by atomic mass is 10.1. The van der Waals surface area contributed by atoms with Crippen LogP contribution >= 0.6 is 0 Å². The number of amides is 2. The molecule has 0 radical (unpaired) electrons. The van der Waals surface area contributed by atoms with Gasteiger partial charge in [-0.2, -0.15) is 0 Å². The van der Waals surface area contributed by atoms with Crippen molar-refractivity contribution in [2.75, 3.05) is 26.2 Å². The smallest absolute Gasteiger partial charge is 0.274 e. The summed E-state index contributed by atoms with van der Waals surface area (Å²) in [6.45, 7) is 2.01. The van der Waals surface area contributed by atoms with Crippen LogP contribution in [0, 0.1) is 0 Å². The summed E-state index contributed by atoms with van der Waals surface area (Å²) < 4.78 is 0. The second-order valence-electron chi connectivity index (χ2n) is 6.24. The van der Waals surface area contributed by atoms with E-state index in [1.165, 1.54) is 18.6 Å². The van der Waals surface area contributed by atoms with Gasteiger partial charge >= 0.3 is 0 Å². The molecule has 0 bridgehead atoms. The molecule has 1 saturated heterocycles. The highest BCUT2D eigenvalue weighted by atomic mass is 16.2. The summed E-state index contributed by atoms with van der Waals surface area (Å²) in [5, 5.41) is 2.17. The van der Waals surface area contributed by atoms with Crippen LogP contribution in [0.5, 0.6) is 0 Å². The molecule has 0 spiro atoms. The zero-order valence-corrected chi connectivity index (χ0v) is 14.2. The minimum atomic E-state index is -0.143. The first-order valence-corrected chi connectivity index (χ1v) is 8.56. The van der Waals surface area contributed by atoms with Gasteiger partial charge in [-0.3, -0.25) is 14.6 Å². The maximum atomic E-state index is 12.8. The number of piperazine rings is 1. The maximum absolute atomic E-state index is 12.8. The monoisotopic (exact) mass is 346 g/mol. The minimum absolute atomic E-state index is 0.00218. The topological polar surface area (TPSA) is 66.4 Å². The van der Waals surface area contributed by atoms with Crippen LogP contribution in [0.2, 0.25) is 0 Å². The first kappa shape index (κ1) is 16.2. The fourth-order valence-corrected chi connectivity index (χ4v) is 3.19. The first-order chi connectivity index (χ1) is 12.7. The second kappa shape index (κ2) is 6.92. The molecule has 6 heteroatoms. The van der Waals surface area contributed by atoms with E-state index < -0.39 is 0 Å². The molecular weight excluding hydrogens is 328 g/mol. The number of fused-ring (bicyclic) bond motifs is 1. The van der Waals surface area contributed by atoms with Crippen LogP contribution < -0.4 is 0 Å². The number of hydrogen-bond acceptors (Lipinski definition) is 4. The summed E-state index contributed by atoms with van der Waals surface area (Å²) in [6, 6.07) is 13.7. The number of carbonyl (C=O) groups excluding carboxylic acids is 2. The Morgan fingerprint density at radius 1 is 0.808 bits per heavy atom. The Morgan fingerprint density at radius 2 is 1.50 bits per heavy atom. The van der Waals surface area contributed by atoms with Crippen molar-refractivity contribution < 1.29 is 9.59 Å². The fraction of sp³-hybridized carbons (Fsp3) is 0.200. The van der Waals surface area contributed by atoms with Gasteiger partial charge in [0, 0.05) is 44.1 Å². The second-order valence-corrected chi connectivity index (χ2v) is 6.24. The fourth-order valence-electron chi connectivity index (χ4n) is 3.19. The molecule has 0 atom stereocenters.